The molecule has 0 aliphatic rings. The predicted octanol–water partition coefficient (Wildman–Crippen LogP) is 0.956. The zero-order chi connectivity index (χ0) is 0. The van der Waals surface area contributed by atoms with E-state index in [4.69, 9.17) is 0 Å². The summed E-state index contributed by atoms with van der Waals surface area (Å²) in [5.74, 6) is 0. The van der Waals surface area contributed by atoms with Gasteiger partial charge in [0.05, 0.1) is 0 Å². The Balaban J connectivity index is 0. The molecule has 0 spiro atoms. The maximum absolute atomic E-state index is 0. The van der Waals surface area contributed by atoms with Crippen molar-refractivity contribution in [2.75, 3.05) is 0 Å². The molecule has 0 bridgehead atoms. The van der Waals surface area contributed by atoms with Crippen LogP contribution in [0.5, 0.6) is 0 Å². The van der Waals surface area contributed by atoms with Gasteiger partial charge in [0.25, 0.3) is 0 Å². The second-order valence-corrected chi connectivity index (χ2v) is 0. The summed E-state index contributed by atoms with van der Waals surface area (Å²) in [4.78, 5) is 0. The molecule has 0 amide bonds. The average molecular weight is 123 g/mol. The van der Waals surface area contributed by atoms with Crippen molar-refractivity contribution in [1.82, 2.24) is 0 Å². The van der Waals surface area contributed by atoms with Crippen LogP contribution in [-0.4, -0.2) is 0 Å². The molecule has 1 unspecified atom stereocenters. The smallest absolute Gasteiger partial charge is 0.358 e. The Morgan fingerprint density at radius 3 is 0.750 bits per heavy atom. The van der Waals surface area contributed by atoms with Crippen LogP contribution in [0.3, 0.4) is 0 Å². The van der Waals surface area contributed by atoms with E-state index >= 15 is 0 Å². The molecule has 0 aromatic rings. The molecule has 0 fully saturated rings. The molecule has 0 nitrogen and oxygen atoms in total. The molecule has 0 aliphatic heterocycles. The van der Waals surface area contributed by atoms with E-state index in [-0.39, 0.29) is 41.2 Å². The summed E-state index contributed by atoms with van der Waals surface area (Å²) >= 11 is 0. The molecule has 1 atom stereocenters. The van der Waals surface area contributed by atoms with Gasteiger partial charge < -0.3 is 14.9 Å². The van der Waals surface area contributed by atoms with Crippen molar-refractivity contribution in [3.63, 3.8) is 0 Å². The Kier molecular flexibility index (Phi) is 874. The molecule has 0 rings (SSSR count). The molecule has 0 aliphatic carbocycles. The normalized spacial score (nSPS) is 0. The van der Waals surface area contributed by atoms with E-state index in [1.54, 1.807) is 0 Å². The van der Waals surface area contributed by atoms with Gasteiger partial charge in [0, 0.05) is 0 Å². The molecule has 2 heteroatoms. The molecule has 0 heterocycles. The molecule has 0 aromatic carbocycles. The Bertz CT molecular complexity index is 6.00. The van der Waals surface area contributed by atoms with Gasteiger partial charge in [-0.25, -0.2) is 0 Å². The first-order valence-corrected chi connectivity index (χ1v) is 0. The van der Waals surface area contributed by atoms with E-state index in [0.717, 1.165) is 0 Å². The fraction of sp³-hybridized carbons (Fsp3) is 0. The monoisotopic (exact) mass is 122 g/mol. The zero-order valence-electron chi connectivity index (χ0n) is 3.02. The zero-order valence-corrected chi connectivity index (χ0v) is 5.43. The van der Waals surface area contributed by atoms with Crippen LogP contribution in [-0.2, 0) is 16.5 Å². The van der Waals surface area contributed by atoms with E-state index in [1.807, 2.05) is 0 Å². The second-order valence-electron chi connectivity index (χ2n) is 0. The summed E-state index contributed by atoms with van der Waals surface area (Å²) in [6.07, 6.45) is 0. The summed E-state index contributed by atoms with van der Waals surface area (Å²) in [5.41, 5.74) is 0. The Hall–Kier alpha value is 0.924. The predicted molar refractivity (Wildman–Crippen MR) is 23.9 cm³/mol. The van der Waals surface area contributed by atoms with Gasteiger partial charge in [-0.2, -0.15) is 9.90 Å². The van der Waals surface area contributed by atoms with Crippen LogP contribution >= 0.6 is 9.90 Å². The summed E-state index contributed by atoms with van der Waals surface area (Å²) in [6.45, 7) is 0. The van der Waals surface area contributed by atoms with Gasteiger partial charge in [-0.1, -0.05) is 0 Å². The summed E-state index contributed by atoms with van der Waals surface area (Å²) in [6, 6.07) is 0. The molecular formula is C2H9NiP. The minimum absolute atomic E-state index is 0. The van der Waals surface area contributed by atoms with Crippen LogP contribution in [0.2, 0.25) is 0 Å². The molecule has 0 radical (unpaired) electrons. The van der Waals surface area contributed by atoms with Gasteiger partial charge >= 0.3 is 16.5 Å². The Morgan fingerprint density at radius 1 is 0.750 bits per heavy atom. The van der Waals surface area contributed by atoms with Crippen LogP contribution in [0.1, 0.15) is 0 Å². The van der Waals surface area contributed by atoms with Crippen LogP contribution in [0.4, 0.5) is 0 Å². The van der Waals surface area contributed by atoms with E-state index in [1.165, 1.54) is 0 Å². The number of hydrogen-bond acceptors (Lipinski definition) is 0. The quantitative estimate of drug-likeness (QED) is 0.255. The average Bonchev–Trinajstić information content (AvgIpc) is 0. The van der Waals surface area contributed by atoms with Gasteiger partial charge in [-0.15, -0.1) is 0 Å². The first-order valence-electron chi connectivity index (χ1n) is 0. The van der Waals surface area contributed by atoms with Crippen LogP contribution in [0, 0.1) is 14.9 Å². The number of hydrogen-bond donors (Lipinski definition) is 0. The minimum Gasteiger partial charge on any atom is -0.358 e. The van der Waals surface area contributed by atoms with Crippen LogP contribution in [0.25, 0.3) is 0 Å². The van der Waals surface area contributed by atoms with Crippen molar-refractivity contribution in [3.05, 3.63) is 14.9 Å². The largest absolute Gasteiger partial charge is 2.00 e. The number of rotatable bonds is 0. The van der Waals surface area contributed by atoms with Gasteiger partial charge in [0.2, 0.25) is 0 Å². The third-order valence-corrected chi connectivity index (χ3v) is 0. The molecule has 0 saturated carbocycles. The van der Waals surface area contributed by atoms with E-state index < -0.39 is 0 Å². The molecule has 0 saturated heterocycles. The topological polar surface area (TPSA) is 0 Å². The minimum atomic E-state index is 0. The first-order chi connectivity index (χ1) is 0. The third kappa shape index (κ3) is 12.7. The summed E-state index contributed by atoms with van der Waals surface area (Å²) < 4.78 is 0. The molecule has 0 N–H and O–H groups in total. The van der Waals surface area contributed by atoms with Gasteiger partial charge in [-0.05, 0) is 0 Å². The first kappa shape index (κ1) is 88.9. The Labute approximate surface area is 41.9 Å². The van der Waals surface area contributed by atoms with Gasteiger partial charge in [0.15, 0.2) is 0 Å². The van der Waals surface area contributed by atoms with Crippen molar-refractivity contribution in [2.45, 2.75) is 0 Å². The van der Waals surface area contributed by atoms with Gasteiger partial charge in [-0.3, -0.25) is 0 Å². The standard InChI is InChI=1S/2CH3.Ni.H3P/h2*1H3;;1H3/q2*-1;+2;. The summed E-state index contributed by atoms with van der Waals surface area (Å²) in [7, 11) is 0. The maximum atomic E-state index is 0. The van der Waals surface area contributed by atoms with Gasteiger partial charge in [0.1, 0.15) is 0 Å². The van der Waals surface area contributed by atoms with Crippen LogP contribution in [0.15, 0.2) is 0 Å². The summed E-state index contributed by atoms with van der Waals surface area (Å²) in [5, 5.41) is 0. The fourth-order valence-corrected chi connectivity index (χ4v) is 0. The SMILES string of the molecule is P.[CH3-].[CH3-].[Ni+2]. The molecule has 0 aromatic heterocycles. The molecular weight excluding hydrogens is 114 g/mol. The fourth-order valence-electron chi connectivity index (χ4n) is 0. The Morgan fingerprint density at radius 2 is 0.750 bits per heavy atom. The van der Waals surface area contributed by atoms with E-state index in [0.29, 0.717) is 0 Å². The van der Waals surface area contributed by atoms with Crippen molar-refractivity contribution in [3.8, 4) is 0 Å². The van der Waals surface area contributed by atoms with Crippen LogP contribution < -0.4 is 0 Å². The van der Waals surface area contributed by atoms with E-state index in [9.17, 15) is 0 Å². The second kappa shape index (κ2) is 39.3. The molecule has 4 heavy (non-hydrogen) atoms. The molecule has 32 valence electrons. The van der Waals surface area contributed by atoms with Crippen molar-refractivity contribution >= 4 is 9.90 Å². The van der Waals surface area contributed by atoms with E-state index in [2.05, 4.69) is 0 Å². The third-order valence-electron chi connectivity index (χ3n) is 0. The van der Waals surface area contributed by atoms with Crippen molar-refractivity contribution in [1.29, 1.82) is 0 Å². The maximum Gasteiger partial charge on any atom is 2.00 e. The van der Waals surface area contributed by atoms with Crippen molar-refractivity contribution < 1.29 is 16.5 Å². The van der Waals surface area contributed by atoms with Crippen molar-refractivity contribution in [2.24, 2.45) is 0 Å².